The standard InChI is InChI=1S/C15H15N5O2S/c16-9-20-7-13-14(8-20)17-18-15(13)10-2-1-3-12(6-10)23(21,22)19-11-4-5-11/h1-3,6,11,19H,4-5,7-8H2,(H,17,18). The summed E-state index contributed by atoms with van der Waals surface area (Å²) in [5, 5.41) is 16.3. The van der Waals surface area contributed by atoms with Crippen molar-refractivity contribution in [2.45, 2.75) is 36.9 Å². The van der Waals surface area contributed by atoms with Crippen molar-refractivity contribution in [2.24, 2.45) is 0 Å². The van der Waals surface area contributed by atoms with Gasteiger partial charge in [0.05, 0.1) is 29.4 Å². The number of nitrogens with zero attached hydrogens (tertiary/aromatic N) is 3. The minimum absolute atomic E-state index is 0.0717. The highest BCUT2D eigenvalue weighted by molar-refractivity contribution is 7.89. The van der Waals surface area contributed by atoms with Crippen molar-refractivity contribution in [2.75, 3.05) is 0 Å². The summed E-state index contributed by atoms with van der Waals surface area (Å²) in [4.78, 5) is 1.87. The molecule has 118 valence electrons. The Bertz CT molecular complexity index is 908. The molecule has 2 heterocycles. The highest BCUT2D eigenvalue weighted by Gasteiger charge is 2.29. The molecule has 8 heteroatoms. The van der Waals surface area contributed by atoms with E-state index in [1.807, 2.05) is 6.07 Å². The summed E-state index contributed by atoms with van der Waals surface area (Å²) < 4.78 is 27.4. The van der Waals surface area contributed by atoms with E-state index in [-0.39, 0.29) is 10.9 Å². The van der Waals surface area contributed by atoms with Crippen LogP contribution in [0.5, 0.6) is 0 Å². The monoisotopic (exact) mass is 329 g/mol. The Hall–Kier alpha value is -2.37. The van der Waals surface area contributed by atoms with Gasteiger partial charge in [-0.15, -0.1) is 0 Å². The number of rotatable bonds is 4. The van der Waals surface area contributed by atoms with Gasteiger partial charge in [0.1, 0.15) is 0 Å². The number of nitrogens with one attached hydrogen (secondary N) is 2. The van der Waals surface area contributed by atoms with E-state index in [0.717, 1.165) is 29.7 Å². The molecule has 4 rings (SSSR count). The predicted octanol–water partition coefficient (Wildman–Crippen LogP) is 1.31. The number of benzene rings is 1. The van der Waals surface area contributed by atoms with E-state index < -0.39 is 10.0 Å². The third kappa shape index (κ3) is 2.58. The van der Waals surface area contributed by atoms with Crippen molar-refractivity contribution < 1.29 is 8.42 Å². The van der Waals surface area contributed by atoms with Crippen LogP contribution in [0.3, 0.4) is 0 Å². The molecule has 1 aliphatic heterocycles. The topological polar surface area (TPSA) is 102 Å². The normalized spacial score (nSPS) is 17.1. The molecule has 2 aliphatic rings. The fourth-order valence-corrected chi connectivity index (χ4v) is 4.10. The van der Waals surface area contributed by atoms with Crippen molar-refractivity contribution in [3.63, 3.8) is 0 Å². The minimum Gasteiger partial charge on any atom is -0.300 e. The van der Waals surface area contributed by atoms with Gasteiger partial charge in [0, 0.05) is 17.2 Å². The maximum absolute atomic E-state index is 12.3. The molecule has 0 amide bonds. The summed E-state index contributed by atoms with van der Waals surface area (Å²) in [5.41, 5.74) is 3.31. The summed E-state index contributed by atoms with van der Waals surface area (Å²) in [6, 6.07) is 6.84. The number of hydrogen-bond donors (Lipinski definition) is 2. The quantitative estimate of drug-likeness (QED) is 0.824. The predicted molar refractivity (Wildman–Crippen MR) is 82.2 cm³/mol. The van der Waals surface area contributed by atoms with E-state index in [4.69, 9.17) is 5.26 Å². The van der Waals surface area contributed by atoms with Crippen LogP contribution in [-0.2, 0) is 23.1 Å². The lowest BCUT2D eigenvalue weighted by molar-refractivity contribution is 0.412. The van der Waals surface area contributed by atoms with Crippen LogP contribution in [0.4, 0.5) is 0 Å². The van der Waals surface area contributed by atoms with Gasteiger partial charge in [0.2, 0.25) is 10.0 Å². The average Bonchev–Trinajstić information content (AvgIpc) is 3.10. The number of nitriles is 1. The van der Waals surface area contributed by atoms with Gasteiger partial charge in [-0.2, -0.15) is 10.4 Å². The maximum Gasteiger partial charge on any atom is 0.240 e. The van der Waals surface area contributed by atoms with Gasteiger partial charge in [-0.3, -0.25) is 5.10 Å². The lowest BCUT2D eigenvalue weighted by atomic mass is 10.1. The Labute approximate surface area is 134 Å². The van der Waals surface area contributed by atoms with Crippen LogP contribution in [0.2, 0.25) is 0 Å². The fourth-order valence-electron chi connectivity index (χ4n) is 2.75. The van der Waals surface area contributed by atoms with E-state index in [1.54, 1.807) is 23.1 Å². The lowest BCUT2D eigenvalue weighted by Gasteiger charge is -2.08. The van der Waals surface area contributed by atoms with E-state index in [0.29, 0.717) is 18.8 Å². The summed E-state index contributed by atoms with van der Waals surface area (Å²) >= 11 is 0. The molecule has 0 saturated heterocycles. The van der Waals surface area contributed by atoms with Gasteiger partial charge in [-0.25, -0.2) is 13.1 Å². The van der Waals surface area contributed by atoms with Crippen LogP contribution in [0.25, 0.3) is 11.3 Å². The Balaban J connectivity index is 1.69. The van der Waals surface area contributed by atoms with Gasteiger partial charge in [0.25, 0.3) is 0 Å². The Kier molecular flexibility index (Phi) is 3.14. The average molecular weight is 329 g/mol. The highest BCUT2D eigenvalue weighted by atomic mass is 32.2. The molecule has 23 heavy (non-hydrogen) atoms. The van der Waals surface area contributed by atoms with Crippen LogP contribution in [-0.4, -0.2) is 29.6 Å². The molecule has 1 aromatic heterocycles. The van der Waals surface area contributed by atoms with Crippen molar-refractivity contribution in [1.29, 1.82) is 5.26 Å². The third-order valence-corrected chi connectivity index (χ3v) is 5.63. The zero-order chi connectivity index (χ0) is 16.0. The molecule has 2 N–H and O–H groups in total. The van der Waals surface area contributed by atoms with Crippen LogP contribution in [0.1, 0.15) is 24.1 Å². The zero-order valence-electron chi connectivity index (χ0n) is 12.3. The number of H-pyrrole nitrogens is 1. The van der Waals surface area contributed by atoms with Crippen LogP contribution in [0.15, 0.2) is 29.2 Å². The third-order valence-electron chi connectivity index (χ3n) is 4.11. The molecule has 0 bridgehead atoms. The van der Waals surface area contributed by atoms with Crippen molar-refractivity contribution in [1.82, 2.24) is 19.8 Å². The van der Waals surface area contributed by atoms with E-state index in [1.165, 1.54) is 0 Å². The number of aromatic nitrogens is 2. The summed E-state index contributed by atoms with van der Waals surface area (Å²) in [5.74, 6) is 0. The molecule has 7 nitrogen and oxygen atoms in total. The van der Waals surface area contributed by atoms with Gasteiger partial charge < -0.3 is 4.90 Å². The molecule has 1 aliphatic carbocycles. The van der Waals surface area contributed by atoms with Crippen molar-refractivity contribution in [3.05, 3.63) is 35.5 Å². The largest absolute Gasteiger partial charge is 0.300 e. The molecule has 1 aromatic carbocycles. The second-order valence-corrected chi connectivity index (χ2v) is 7.62. The van der Waals surface area contributed by atoms with Gasteiger partial charge in [-0.05, 0) is 25.0 Å². The Morgan fingerprint density at radius 1 is 1.35 bits per heavy atom. The van der Waals surface area contributed by atoms with E-state index in [9.17, 15) is 8.42 Å². The molecule has 0 unspecified atom stereocenters. The van der Waals surface area contributed by atoms with E-state index in [2.05, 4.69) is 21.1 Å². The highest BCUT2D eigenvalue weighted by Crippen LogP contribution is 2.31. The first-order valence-corrected chi connectivity index (χ1v) is 8.89. The molecule has 1 fully saturated rings. The van der Waals surface area contributed by atoms with Crippen LogP contribution >= 0.6 is 0 Å². The van der Waals surface area contributed by atoms with Crippen LogP contribution in [0, 0.1) is 11.5 Å². The molecule has 0 radical (unpaired) electrons. The van der Waals surface area contributed by atoms with Crippen LogP contribution < -0.4 is 4.72 Å². The minimum atomic E-state index is -3.49. The van der Waals surface area contributed by atoms with E-state index >= 15 is 0 Å². The summed E-state index contributed by atoms with van der Waals surface area (Å²) in [6.07, 6.45) is 3.92. The van der Waals surface area contributed by atoms with Crippen molar-refractivity contribution in [3.8, 4) is 17.5 Å². The number of sulfonamides is 1. The molecule has 0 spiro atoms. The summed E-state index contributed by atoms with van der Waals surface area (Å²) in [6.45, 7) is 1.01. The molecular formula is C15H15N5O2S. The first-order chi connectivity index (χ1) is 11.1. The number of aromatic amines is 1. The van der Waals surface area contributed by atoms with Gasteiger partial charge in [-0.1, -0.05) is 12.1 Å². The SMILES string of the molecule is N#CN1Cc2[nH]nc(-c3cccc(S(=O)(=O)NC4CC4)c3)c2C1. The molecule has 1 saturated carbocycles. The Morgan fingerprint density at radius 2 is 2.17 bits per heavy atom. The number of hydrogen-bond acceptors (Lipinski definition) is 5. The van der Waals surface area contributed by atoms with Crippen molar-refractivity contribution >= 4 is 10.0 Å². The Morgan fingerprint density at radius 3 is 2.91 bits per heavy atom. The molecular weight excluding hydrogens is 314 g/mol. The molecule has 0 atom stereocenters. The lowest BCUT2D eigenvalue weighted by Crippen LogP contribution is -2.25. The zero-order valence-corrected chi connectivity index (χ0v) is 13.1. The first-order valence-electron chi connectivity index (χ1n) is 7.40. The fraction of sp³-hybridized carbons (Fsp3) is 0.333. The molecule has 2 aromatic rings. The van der Waals surface area contributed by atoms with Gasteiger partial charge >= 0.3 is 0 Å². The second kappa shape index (κ2) is 5.08. The number of fused-ring (bicyclic) bond motifs is 1. The second-order valence-electron chi connectivity index (χ2n) is 5.91. The first kappa shape index (κ1) is 14.2. The smallest absolute Gasteiger partial charge is 0.240 e. The maximum atomic E-state index is 12.3. The van der Waals surface area contributed by atoms with Gasteiger partial charge in [0.15, 0.2) is 6.19 Å². The summed E-state index contributed by atoms with van der Waals surface area (Å²) in [7, 11) is -3.49.